The van der Waals surface area contributed by atoms with Gasteiger partial charge in [0.1, 0.15) is 6.26 Å². The molecule has 1 aliphatic rings. The van der Waals surface area contributed by atoms with E-state index in [1.165, 1.54) is 0 Å². The van der Waals surface area contributed by atoms with Gasteiger partial charge in [-0.2, -0.15) is 4.98 Å². The van der Waals surface area contributed by atoms with E-state index in [4.69, 9.17) is 9.15 Å². The average Bonchev–Trinajstić information content (AvgIpc) is 2.86. The molecule has 0 spiro atoms. The Hall–Kier alpha value is -1.29. The van der Waals surface area contributed by atoms with E-state index in [2.05, 4.69) is 36.3 Å². The van der Waals surface area contributed by atoms with Crippen molar-refractivity contribution in [2.24, 2.45) is 11.8 Å². The SMILES string of the molecule is CCCNCc1coc(OCC2CC=CCC2C)n1. The van der Waals surface area contributed by atoms with Crippen molar-refractivity contribution in [2.75, 3.05) is 13.2 Å². The molecular weight excluding hydrogens is 240 g/mol. The van der Waals surface area contributed by atoms with Crippen LogP contribution in [-0.4, -0.2) is 18.1 Å². The number of oxazole rings is 1. The third-order valence-corrected chi connectivity index (χ3v) is 3.60. The van der Waals surface area contributed by atoms with Crippen LogP contribution in [0.3, 0.4) is 0 Å². The molecule has 0 bridgehead atoms. The second kappa shape index (κ2) is 7.34. The van der Waals surface area contributed by atoms with Crippen molar-refractivity contribution in [3.8, 4) is 6.08 Å². The van der Waals surface area contributed by atoms with Crippen molar-refractivity contribution in [2.45, 2.75) is 39.7 Å². The highest BCUT2D eigenvalue weighted by molar-refractivity contribution is 5.00. The van der Waals surface area contributed by atoms with Gasteiger partial charge in [-0.3, -0.25) is 0 Å². The topological polar surface area (TPSA) is 47.3 Å². The lowest BCUT2D eigenvalue weighted by Gasteiger charge is -2.24. The maximum absolute atomic E-state index is 5.66. The smallest absolute Gasteiger partial charge is 0.393 e. The number of nitrogens with zero attached hydrogens (tertiary/aromatic N) is 1. The van der Waals surface area contributed by atoms with Gasteiger partial charge in [-0.25, -0.2) is 0 Å². The number of hydrogen-bond donors (Lipinski definition) is 1. The van der Waals surface area contributed by atoms with E-state index < -0.39 is 0 Å². The molecule has 2 rings (SSSR count). The first-order valence-electron chi connectivity index (χ1n) is 7.22. The zero-order valence-corrected chi connectivity index (χ0v) is 11.9. The lowest BCUT2D eigenvalue weighted by atomic mass is 9.85. The molecule has 106 valence electrons. The fourth-order valence-electron chi connectivity index (χ4n) is 2.25. The maximum atomic E-state index is 5.66. The molecule has 0 aliphatic heterocycles. The summed E-state index contributed by atoms with van der Waals surface area (Å²) in [6, 6.07) is 0. The Balaban J connectivity index is 1.75. The summed E-state index contributed by atoms with van der Waals surface area (Å²) in [5, 5.41) is 3.29. The molecule has 0 fully saturated rings. The number of nitrogens with one attached hydrogen (secondary N) is 1. The van der Waals surface area contributed by atoms with Crippen molar-refractivity contribution in [1.29, 1.82) is 0 Å². The summed E-state index contributed by atoms with van der Waals surface area (Å²) in [7, 11) is 0. The van der Waals surface area contributed by atoms with Gasteiger partial charge in [-0.05, 0) is 37.6 Å². The van der Waals surface area contributed by atoms with Gasteiger partial charge in [0.15, 0.2) is 0 Å². The highest BCUT2D eigenvalue weighted by Gasteiger charge is 2.19. The summed E-state index contributed by atoms with van der Waals surface area (Å²) in [5.41, 5.74) is 0.903. The molecule has 1 aromatic heterocycles. The number of ether oxygens (including phenoxy) is 1. The first-order valence-corrected chi connectivity index (χ1v) is 7.22. The van der Waals surface area contributed by atoms with Crippen molar-refractivity contribution in [1.82, 2.24) is 10.3 Å². The Morgan fingerprint density at radius 2 is 2.26 bits per heavy atom. The molecule has 4 nitrogen and oxygen atoms in total. The first kappa shape index (κ1) is 14.1. The number of allylic oxidation sites excluding steroid dienone is 2. The van der Waals surface area contributed by atoms with Gasteiger partial charge in [-0.15, -0.1) is 0 Å². The molecule has 4 heteroatoms. The number of hydrogen-bond acceptors (Lipinski definition) is 4. The molecule has 0 saturated carbocycles. The summed E-state index contributed by atoms with van der Waals surface area (Å²) in [4.78, 5) is 4.32. The van der Waals surface area contributed by atoms with Gasteiger partial charge in [0.25, 0.3) is 0 Å². The van der Waals surface area contributed by atoms with Crippen molar-refractivity contribution >= 4 is 0 Å². The predicted octanol–water partition coefficient (Wildman–Crippen LogP) is 3.16. The zero-order valence-electron chi connectivity index (χ0n) is 11.9. The van der Waals surface area contributed by atoms with Crippen LogP contribution < -0.4 is 10.1 Å². The molecule has 2 unspecified atom stereocenters. The summed E-state index contributed by atoms with van der Waals surface area (Å²) in [5.74, 6) is 1.24. The van der Waals surface area contributed by atoms with Gasteiger partial charge in [0.2, 0.25) is 0 Å². The standard InChI is InChI=1S/C15H24N2O2/c1-3-8-16-9-14-11-19-15(17-14)18-10-13-7-5-4-6-12(13)2/h4-5,11-13,16H,3,6-10H2,1-2H3. The van der Waals surface area contributed by atoms with Crippen LogP contribution in [0.2, 0.25) is 0 Å². The van der Waals surface area contributed by atoms with Crippen molar-refractivity contribution in [3.63, 3.8) is 0 Å². The molecule has 0 radical (unpaired) electrons. The van der Waals surface area contributed by atoms with Crippen LogP contribution in [0.5, 0.6) is 6.08 Å². The minimum Gasteiger partial charge on any atom is -0.450 e. The molecule has 1 heterocycles. The van der Waals surface area contributed by atoms with E-state index in [-0.39, 0.29) is 0 Å². The van der Waals surface area contributed by atoms with Crippen molar-refractivity contribution in [3.05, 3.63) is 24.1 Å². The quantitative estimate of drug-likeness (QED) is 0.607. The van der Waals surface area contributed by atoms with E-state index in [0.717, 1.165) is 38.0 Å². The van der Waals surface area contributed by atoms with Crippen LogP contribution in [-0.2, 0) is 6.54 Å². The van der Waals surface area contributed by atoms with E-state index in [1.807, 2.05) is 0 Å². The van der Waals surface area contributed by atoms with Gasteiger partial charge in [0, 0.05) is 6.54 Å². The van der Waals surface area contributed by atoms with Gasteiger partial charge < -0.3 is 14.5 Å². The van der Waals surface area contributed by atoms with Crippen LogP contribution in [0.1, 0.15) is 38.8 Å². The molecular formula is C15H24N2O2. The van der Waals surface area contributed by atoms with Crippen LogP contribution in [0.4, 0.5) is 0 Å². The fourth-order valence-corrected chi connectivity index (χ4v) is 2.25. The molecule has 1 N–H and O–H groups in total. The van der Waals surface area contributed by atoms with Crippen LogP contribution in [0, 0.1) is 11.8 Å². The second-order valence-corrected chi connectivity index (χ2v) is 5.27. The molecule has 1 aromatic rings. The average molecular weight is 264 g/mol. The Morgan fingerprint density at radius 1 is 1.42 bits per heavy atom. The maximum Gasteiger partial charge on any atom is 0.393 e. The third-order valence-electron chi connectivity index (χ3n) is 3.60. The van der Waals surface area contributed by atoms with E-state index in [9.17, 15) is 0 Å². The van der Waals surface area contributed by atoms with E-state index in [1.54, 1.807) is 6.26 Å². The van der Waals surface area contributed by atoms with Crippen LogP contribution in [0.25, 0.3) is 0 Å². The first-order chi connectivity index (χ1) is 9.29. The van der Waals surface area contributed by atoms with Gasteiger partial charge in [0.05, 0.1) is 12.3 Å². The van der Waals surface area contributed by atoms with E-state index in [0.29, 0.717) is 24.5 Å². The summed E-state index contributed by atoms with van der Waals surface area (Å²) < 4.78 is 11.0. The Labute approximate surface area is 115 Å². The minimum atomic E-state index is 0.398. The number of rotatable bonds is 7. The zero-order chi connectivity index (χ0) is 13.5. The highest BCUT2D eigenvalue weighted by atomic mass is 16.6. The minimum absolute atomic E-state index is 0.398. The van der Waals surface area contributed by atoms with E-state index >= 15 is 0 Å². The Bertz CT molecular complexity index is 401. The largest absolute Gasteiger partial charge is 0.450 e. The van der Waals surface area contributed by atoms with Gasteiger partial charge >= 0.3 is 6.08 Å². The molecule has 0 saturated heterocycles. The summed E-state index contributed by atoms with van der Waals surface area (Å²) in [6.07, 6.45) is 9.91. The van der Waals surface area contributed by atoms with Crippen molar-refractivity contribution < 1.29 is 9.15 Å². The van der Waals surface area contributed by atoms with Crippen LogP contribution >= 0.6 is 0 Å². The van der Waals surface area contributed by atoms with Crippen LogP contribution in [0.15, 0.2) is 22.8 Å². The lowest BCUT2D eigenvalue weighted by molar-refractivity contribution is 0.157. The lowest BCUT2D eigenvalue weighted by Crippen LogP contribution is -2.21. The third kappa shape index (κ3) is 4.39. The molecule has 19 heavy (non-hydrogen) atoms. The summed E-state index contributed by atoms with van der Waals surface area (Å²) >= 11 is 0. The number of aromatic nitrogens is 1. The molecule has 0 aromatic carbocycles. The summed E-state index contributed by atoms with van der Waals surface area (Å²) in [6.45, 7) is 6.84. The fraction of sp³-hybridized carbons (Fsp3) is 0.667. The molecule has 0 amide bonds. The normalized spacial score (nSPS) is 22.6. The van der Waals surface area contributed by atoms with Gasteiger partial charge in [-0.1, -0.05) is 26.0 Å². The monoisotopic (exact) mass is 264 g/mol. The second-order valence-electron chi connectivity index (χ2n) is 5.27. The highest BCUT2D eigenvalue weighted by Crippen LogP contribution is 2.25. The molecule has 1 aliphatic carbocycles. The Kier molecular flexibility index (Phi) is 5.45. The predicted molar refractivity (Wildman–Crippen MR) is 75.0 cm³/mol. The molecule has 2 atom stereocenters. The Morgan fingerprint density at radius 3 is 3.05 bits per heavy atom.